The van der Waals surface area contributed by atoms with Gasteiger partial charge in [0.05, 0.1) is 18.4 Å². The van der Waals surface area contributed by atoms with Gasteiger partial charge in [0, 0.05) is 13.2 Å². The first-order valence-electron chi connectivity index (χ1n) is 6.49. The fourth-order valence-corrected chi connectivity index (χ4v) is 2.09. The molecule has 6 nitrogen and oxygen atoms in total. The van der Waals surface area contributed by atoms with Gasteiger partial charge in [0.15, 0.2) is 0 Å². The van der Waals surface area contributed by atoms with Crippen molar-refractivity contribution in [2.75, 3.05) is 19.5 Å². The number of rotatable bonds is 4. The van der Waals surface area contributed by atoms with Crippen molar-refractivity contribution in [3.63, 3.8) is 0 Å². The van der Waals surface area contributed by atoms with Crippen LogP contribution in [0, 0.1) is 5.82 Å². The van der Waals surface area contributed by atoms with E-state index in [2.05, 4.69) is 15.6 Å². The lowest BCUT2D eigenvalue weighted by Crippen LogP contribution is -2.22. The van der Waals surface area contributed by atoms with Crippen molar-refractivity contribution >= 4 is 29.1 Å². The van der Waals surface area contributed by atoms with E-state index in [1.54, 1.807) is 0 Å². The molecular weight excluding hydrogens is 325 g/mol. The first kappa shape index (κ1) is 16.7. The largest absolute Gasteiger partial charge is 0.496 e. The number of halogens is 2. The molecule has 2 rings (SSSR count). The summed E-state index contributed by atoms with van der Waals surface area (Å²) < 4.78 is 18.9. The highest BCUT2D eigenvalue weighted by atomic mass is 35.5. The molecule has 0 aliphatic carbocycles. The standard InChI is InChI=1S/C15H13ClFN3O3/c1-18-14(21)8-7-19-12(16)6-10(8)20-15(22)13-9(17)4-3-5-11(13)23-2/h3-7H,1-2H3,(H,18,21)(H,19,20,22). The first-order valence-corrected chi connectivity index (χ1v) is 6.87. The predicted octanol–water partition coefficient (Wildman–Crippen LogP) is 2.49. The molecule has 1 aromatic carbocycles. The molecule has 8 heteroatoms. The van der Waals surface area contributed by atoms with Gasteiger partial charge in [-0.1, -0.05) is 17.7 Å². The van der Waals surface area contributed by atoms with Gasteiger partial charge in [-0.15, -0.1) is 0 Å². The Balaban J connectivity index is 2.42. The highest BCUT2D eigenvalue weighted by Gasteiger charge is 2.20. The SMILES string of the molecule is CNC(=O)c1cnc(Cl)cc1NC(=O)c1c(F)cccc1OC. The third-order valence-electron chi connectivity index (χ3n) is 3.01. The molecular formula is C15H13ClFN3O3. The molecule has 120 valence electrons. The van der Waals surface area contributed by atoms with Gasteiger partial charge in [-0.3, -0.25) is 9.59 Å². The van der Waals surface area contributed by atoms with E-state index < -0.39 is 17.6 Å². The Morgan fingerprint density at radius 1 is 1.30 bits per heavy atom. The van der Waals surface area contributed by atoms with Crippen LogP contribution in [0.5, 0.6) is 5.75 Å². The van der Waals surface area contributed by atoms with Gasteiger partial charge in [-0.2, -0.15) is 0 Å². The second-order valence-corrected chi connectivity index (χ2v) is 4.79. The van der Waals surface area contributed by atoms with Crippen LogP contribution in [-0.4, -0.2) is 31.0 Å². The van der Waals surface area contributed by atoms with Gasteiger partial charge in [-0.25, -0.2) is 9.37 Å². The minimum absolute atomic E-state index is 0.0733. The van der Waals surface area contributed by atoms with Crippen LogP contribution in [0.25, 0.3) is 0 Å². The van der Waals surface area contributed by atoms with E-state index in [0.29, 0.717) is 0 Å². The summed E-state index contributed by atoms with van der Waals surface area (Å²) in [5, 5.41) is 4.95. The summed E-state index contributed by atoms with van der Waals surface area (Å²) in [5.74, 6) is -1.91. The summed E-state index contributed by atoms with van der Waals surface area (Å²) in [6.45, 7) is 0. The maximum atomic E-state index is 13.9. The Morgan fingerprint density at radius 3 is 2.70 bits per heavy atom. The molecule has 0 unspecified atom stereocenters. The Labute approximate surface area is 136 Å². The fraction of sp³-hybridized carbons (Fsp3) is 0.133. The number of carbonyl (C=O) groups is 2. The molecule has 0 spiro atoms. The van der Waals surface area contributed by atoms with Crippen molar-refractivity contribution in [2.24, 2.45) is 0 Å². The fourth-order valence-electron chi connectivity index (χ4n) is 1.93. The highest BCUT2D eigenvalue weighted by Crippen LogP contribution is 2.24. The molecule has 2 aromatic rings. The number of pyridine rings is 1. The van der Waals surface area contributed by atoms with Gasteiger partial charge >= 0.3 is 0 Å². The van der Waals surface area contributed by atoms with E-state index in [1.807, 2.05) is 0 Å². The van der Waals surface area contributed by atoms with Gasteiger partial charge in [0.25, 0.3) is 11.8 Å². The average Bonchev–Trinajstić information content (AvgIpc) is 2.53. The molecule has 0 atom stereocenters. The monoisotopic (exact) mass is 337 g/mol. The Morgan fingerprint density at radius 2 is 2.04 bits per heavy atom. The van der Waals surface area contributed by atoms with Crippen LogP contribution in [0.3, 0.4) is 0 Å². The lowest BCUT2D eigenvalue weighted by atomic mass is 10.1. The number of hydrogen-bond acceptors (Lipinski definition) is 4. The lowest BCUT2D eigenvalue weighted by molar-refractivity contribution is 0.0963. The molecule has 0 saturated carbocycles. The van der Waals surface area contributed by atoms with E-state index in [0.717, 1.165) is 6.07 Å². The van der Waals surface area contributed by atoms with Gasteiger partial charge in [0.1, 0.15) is 22.3 Å². The van der Waals surface area contributed by atoms with Crippen molar-refractivity contribution in [3.8, 4) is 5.75 Å². The molecule has 0 bridgehead atoms. The van der Waals surface area contributed by atoms with E-state index in [1.165, 1.54) is 38.6 Å². The number of benzene rings is 1. The van der Waals surface area contributed by atoms with E-state index >= 15 is 0 Å². The van der Waals surface area contributed by atoms with Gasteiger partial charge < -0.3 is 15.4 Å². The zero-order valence-electron chi connectivity index (χ0n) is 12.3. The van der Waals surface area contributed by atoms with Crippen LogP contribution >= 0.6 is 11.6 Å². The van der Waals surface area contributed by atoms with Crippen molar-refractivity contribution < 1.29 is 18.7 Å². The molecule has 2 N–H and O–H groups in total. The number of amides is 2. The molecule has 0 fully saturated rings. The van der Waals surface area contributed by atoms with Crippen LogP contribution in [0.4, 0.5) is 10.1 Å². The van der Waals surface area contributed by atoms with Crippen LogP contribution in [-0.2, 0) is 0 Å². The van der Waals surface area contributed by atoms with Crippen molar-refractivity contribution in [3.05, 3.63) is 52.6 Å². The molecule has 23 heavy (non-hydrogen) atoms. The van der Waals surface area contributed by atoms with Crippen LogP contribution in [0.1, 0.15) is 20.7 Å². The van der Waals surface area contributed by atoms with Crippen LogP contribution in [0.15, 0.2) is 30.5 Å². The molecule has 0 saturated heterocycles. The van der Waals surface area contributed by atoms with Gasteiger partial charge in [-0.05, 0) is 18.2 Å². The number of anilines is 1. The van der Waals surface area contributed by atoms with E-state index in [9.17, 15) is 14.0 Å². The number of ether oxygens (including phenoxy) is 1. The maximum absolute atomic E-state index is 13.9. The second-order valence-electron chi connectivity index (χ2n) is 4.40. The lowest BCUT2D eigenvalue weighted by Gasteiger charge is -2.12. The Kier molecular flexibility index (Phi) is 5.13. The summed E-state index contributed by atoms with van der Waals surface area (Å²) in [6.07, 6.45) is 1.22. The number of methoxy groups -OCH3 is 1. The summed E-state index contributed by atoms with van der Waals surface area (Å²) >= 11 is 5.79. The number of carbonyl (C=O) groups excluding carboxylic acids is 2. The minimum Gasteiger partial charge on any atom is -0.496 e. The molecule has 1 heterocycles. The molecule has 0 radical (unpaired) electrons. The predicted molar refractivity (Wildman–Crippen MR) is 83.5 cm³/mol. The first-order chi connectivity index (χ1) is 11.0. The van der Waals surface area contributed by atoms with Crippen LogP contribution in [0.2, 0.25) is 5.15 Å². The smallest absolute Gasteiger partial charge is 0.262 e. The van der Waals surface area contributed by atoms with Crippen molar-refractivity contribution in [2.45, 2.75) is 0 Å². The topological polar surface area (TPSA) is 80.3 Å². The van der Waals surface area contributed by atoms with Crippen LogP contribution < -0.4 is 15.4 Å². The third kappa shape index (κ3) is 3.57. The van der Waals surface area contributed by atoms with E-state index in [-0.39, 0.29) is 27.7 Å². The zero-order chi connectivity index (χ0) is 17.0. The number of nitrogens with one attached hydrogen (secondary N) is 2. The average molecular weight is 338 g/mol. The summed E-state index contributed by atoms with van der Waals surface area (Å²) in [6, 6.07) is 5.31. The number of aromatic nitrogens is 1. The normalized spacial score (nSPS) is 10.1. The zero-order valence-corrected chi connectivity index (χ0v) is 13.1. The van der Waals surface area contributed by atoms with Crippen molar-refractivity contribution in [1.82, 2.24) is 10.3 Å². The molecule has 1 aromatic heterocycles. The third-order valence-corrected chi connectivity index (χ3v) is 3.22. The second kappa shape index (κ2) is 7.06. The Bertz CT molecular complexity index is 768. The Hall–Kier alpha value is -2.67. The summed E-state index contributed by atoms with van der Waals surface area (Å²) in [4.78, 5) is 28.0. The molecule has 2 amide bonds. The summed E-state index contributed by atoms with van der Waals surface area (Å²) in [7, 11) is 2.76. The summed E-state index contributed by atoms with van der Waals surface area (Å²) in [5.41, 5.74) is -0.0639. The quantitative estimate of drug-likeness (QED) is 0.840. The molecule has 0 aliphatic heterocycles. The van der Waals surface area contributed by atoms with E-state index in [4.69, 9.17) is 16.3 Å². The highest BCUT2D eigenvalue weighted by molar-refractivity contribution is 6.30. The molecule has 0 aliphatic rings. The minimum atomic E-state index is -0.771. The number of hydrogen-bond donors (Lipinski definition) is 2. The maximum Gasteiger partial charge on any atom is 0.262 e. The van der Waals surface area contributed by atoms with Crippen molar-refractivity contribution in [1.29, 1.82) is 0 Å². The number of nitrogens with zero attached hydrogens (tertiary/aromatic N) is 1. The van der Waals surface area contributed by atoms with Gasteiger partial charge in [0.2, 0.25) is 0 Å².